The van der Waals surface area contributed by atoms with Gasteiger partial charge < -0.3 is 9.64 Å². The Labute approximate surface area is 246 Å². The van der Waals surface area contributed by atoms with Gasteiger partial charge in [0.05, 0.1) is 0 Å². The second-order valence-corrected chi connectivity index (χ2v) is 12.1. The van der Waals surface area contributed by atoms with Crippen LogP contribution in [0.25, 0.3) is 5.57 Å². The summed E-state index contributed by atoms with van der Waals surface area (Å²) in [4.78, 5) is 13.9. The molecule has 1 aliphatic carbocycles. The van der Waals surface area contributed by atoms with E-state index >= 15 is 0 Å². The number of nitrogens with zero attached hydrogens (tertiary/aromatic N) is 1. The van der Waals surface area contributed by atoms with Crippen LogP contribution in [0.15, 0.2) is 152 Å². The highest BCUT2D eigenvalue weighted by Gasteiger charge is 2.18. The minimum Gasteiger partial charge on any atom is -0.423 e. The van der Waals surface area contributed by atoms with E-state index in [2.05, 4.69) is 128 Å². The van der Waals surface area contributed by atoms with E-state index in [1.54, 1.807) is 0 Å². The second-order valence-electron chi connectivity index (χ2n) is 10.4. The molecule has 2 unspecified atom stereocenters. The number of benzene rings is 4. The predicted molar refractivity (Wildman–Crippen MR) is 175 cm³/mol. The Morgan fingerprint density at radius 1 is 0.878 bits per heavy atom. The van der Waals surface area contributed by atoms with E-state index in [1.165, 1.54) is 28.3 Å². The average molecular weight is 554 g/mol. The molecule has 0 fully saturated rings. The molecule has 0 spiro atoms. The van der Waals surface area contributed by atoms with E-state index in [0.717, 1.165) is 33.7 Å². The number of ether oxygens (including phenoxy) is 1. The van der Waals surface area contributed by atoms with Crippen molar-refractivity contribution >= 4 is 33.2 Å². The third kappa shape index (κ3) is 6.92. The Morgan fingerprint density at radius 2 is 1.44 bits per heavy atom. The molecule has 1 aliphatic rings. The SMILES string of the molecule is C=CC(=O)Oc1ccc(N(C2=CCC(C=C(c3ccccc3)c3ccccc3)C=C2)c2ccc(C(C)[SiH3])cc2)cc1. The molecule has 0 N–H and O–H groups in total. The summed E-state index contributed by atoms with van der Waals surface area (Å²) in [7, 11) is 1.12. The molecule has 5 rings (SSSR count). The average Bonchev–Trinajstić information content (AvgIpc) is 3.02. The number of hydrogen-bond acceptors (Lipinski definition) is 3. The normalized spacial score (nSPS) is 15.0. The highest BCUT2D eigenvalue weighted by atomic mass is 28.1. The molecule has 3 nitrogen and oxygen atoms in total. The van der Waals surface area contributed by atoms with Gasteiger partial charge in [-0.3, -0.25) is 0 Å². The zero-order chi connectivity index (χ0) is 28.6. The molecule has 0 heterocycles. The van der Waals surface area contributed by atoms with Crippen molar-refractivity contribution < 1.29 is 9.53 Å². The lowest BCUT2D eigenvalue weighted by Crippen LogP contribution is -2.17. The van der Waals surface area contributed by atoms with Gasteiger partial charge in [0.1, 0.15) is 5.75 Å². The zero-order valence-electron chi connectivity index (χ0n) is 23.6. The van der Waals surface area contributed by atoms with Crippen molar-refractivity contribution in [1.82, 2.24) is 0 Å². The number of allylic oxidation sites excluding steroid dienone is 4. The fraction of sp³-hybridized carbons (Fsp3) is 0.108. The van der Waals surface area contributed by atoms with Crippen LogP contribution in [-0.4, -0.2) is 16.2 Å². The topological polar surface area (TPSA) is 29.5 Å². The van der Waals surface area contributed by atoms with Crippen molar-refractivity contribution in [3.05, 3.63) is 169 Å². The Hall–Kier alpha value is -4.67. The summed E-state index contributed by atoms with van der Waals surface area (Å²) >= 11 is 0. The zero-order valence-corrected chi connectivity index (χ0v) is 25.6. The molecule has 41 heavy (non-hydrogen) atoms. The molecule has 0 amide bonds. The van der Waals surface area contributed by atoms with Gasteiger partial charge in [0.2, 0.25) is 0 Å². The van der Waals surface area contributed by atoms with E-state index in [4.69, 9.17) is 4.74 Å². The Bertz CT molecular complexity index is 1530. The van der Waals surface area contributed by atoms with Gasteiger partial charge in [0.25, 0.3) is 0 Å². The lowest BCUT2D eigenvalue weighted by atomic mass is 9.90. The van der Waals surface area contributed by atoms with Gasteiger partial charge in [-0.25, -0.2) is 4.79 Å². The van der Waals surface area contributed by atoms with Crippen molar-refractivity contribution in [1.29, 1.82) is 0 Å². The molecule has 0 saturated heterocycles. The van der Waals surface area contributed by atoms with E-state index < -0.39 is 5.97 Å². The summed E-state index contributed by atoms with van der Waals surface area (Å²) in [6, 6.07) is 37.6. The monoisotopic (exact) mass is 553 g/mol. The van der Waals surface area contributed by atoms with Crippen molar-refractivity contribution in [2.75, 3.05) is 4.90 Å². The molecule has 2 atom stereocenters. The van der Waals surface area contributed by atoms with Gasteiger partial charge in [-0.15, -0.1) is 0 Å². The fourth-order valence-electron chi connectivity index (χ4n) is 5.00. The molecule has 4 aromatic carbocycles. The number of rotatable bonds is 9. The van der Waals surface area contributed by atoms with Crippen LogP contribution in [0.3, 0.4) is 0 Å². The summed E-state index contributed by atoms with van der Waals surface area (Å²) in [5.74, 6) is 0.293. The Morgan fingerprint density at radius 3 is 1.93 bits per heavy atom. The summed E-state index contributed by atoms with van der Waals surface area (Å²) < 4.78 is 5.31. The molecule has 204 valence electrons. The Kier molecular flexibility index (Phi) is 8.92. The highest BCUT2D eigenvalue weighted by Crippen LogP contribution is 2.35. The van der Waals surface area contributed by atoms with E-state index in [0.29, 0.717) is 11.3 Å². The van der Waals surface area contributed by atoms with Crippen LogP contribution in [0.4, 0.5) is 11.4 Å². The molecule has 0 aliphatic heterocycles. The number of anilines is 2. The highest BCUT2D eigenvalue weighted by molar-refractivity contribution is 6.12. The van der Waals surface area contributed by atoms with E-state index in [1.807, 2.05) is 24.3 Å². The summed E-state index contributed by atoms with van der Waals surface area (Å²) in [6.07, 6.45) is 11.3. The van der Waals surface area contributed by atoms with Gasteiger partial charge >= 0.3 is 5.97 Å². The summed E-state index contributed by atoms with van der Waals surface area (Å²) in [5, 5.41) is 0. The smallest absolute Gasteiger partial charge is 0.335 e. The molecule has 4 heteroatoms. The van der Waals surface area contributed by atoms with Crippen molar-refractivity contribution in [2.45, 2.75) is 18.9 Å². The third-order valence-corrected chi connectivity index (χ3v) is 7.89. The third-order valence-electron chi connectivity index (χ3n) is 7.22. The minimum atomic E-state index is -0.468. The standard InChI is InChI=1S/C37H35NO2Si/c1-3-37(39)40-35-24-22-34(23-25-35)38(33-20-16-29(17-21-33)27(2)41)32-18-14-28(15-19-32)26-36(30-10-6-4-7-11-30)31-12-8-5-9-13-31/h3-14,16-28H,1,15H2,2,41H3. The number of esters is 1. The van der Waals surface area contributed by atoms with Crippen LogP contribution in [0.2, 0.25) is 0 Å². The van der Waals surface area contributed by atoms with Crippen molar-refractivity contribution in [2.24, 2.45) is 5.92 Å². The van der Waals surface area contributed by atoms with Crippen LogP contribution < -0.4 is 9.64 Å². The van der Waals surface area contributed by atoms with Crippen molar-refractivity contribution in [3.63, 3.8) is 0 Å². The van der Waals surface area contributed by atoms with E-state index in [9.17, 15) is 4.79 Å². The second kappa shape index (κ2) is 13.1. The first-order chi connectivity index (χ1) is 20.0. The minimum absolute atomic E-state index is 0.268. The maximum atomic E-state index is 11.7. The maximum Gasteiger partial charge on any atom is 0.335 e. The quantitative estimate of drug-likeness (QED) is 0.0912. The first-order valence-electron chi connectivity index (χ1n) is 14.1. The summed E-state index contributed by atoms with van der Waals surface area (Å²) in [6.45, 7) is 5.75. The van der Waals surface area contributed by atoms with Crippen molar-refractivity contribution in [3.8, 4) is 5.75 Å². The van der Waals surface area contributed by atoms with Crippen LogP contribution in [0.5, 0.6) is 5.75 Å². The fourth-order valence-corrected chi connectivity index (χ4v) is 5.39. The first-order valence-corrected chi connectivity index (χ1v) is 15.2. The first kappa shape index (κ1) is 27.9. The van der Waals surface area contributed by atoms with Crippen LogP contribution in [0, 0.1) is 5.92 Å². The lowest BCUT2D eigenvalue weighted by Gasteiger charge is -2.29. The van der Waals surface area contributed by atoms with Gasteiger partial charge in [-0.2, -0.15) is 0 Å². The van der Waals surface area contributed by atoms with Gasteiger partial charge in [-0.05, 0) is 82.6 Å². The largest absolute Gasteiger partial charge is 0.423 e. The van der Waals surface area contributed by atoms with Crippen LogP contribution in [-0.2, 0) is 4.79 Å². The van der Waals surface area contributed by atoms with Gasteiger partial charge in [0, 0.05) is 33.4 Å². The molecular formula is C37H35NO2Si. The predicted octanol–water partition coefficient (Wildman–Crippen LogP) is 7.93. The van der Waals surface area contributed by atoms with Gasteiger partial charge in [0.15, 0.2) is 0 Å². The van der Waals surface area contributed by atoms with Crippen LogP contribution in [0.1, 0.15) is 35.6 Å². The number of hydrogen-bond donors (Lipinski definition) is 0. The molecule has 0 radical (unpaired) electrons. The molecule has 0 saturated carbocycles. The van der Waals surface area contributed by atoms with Gasteiger partial charge in [-0.1, -0.05) is 105 Å². The maximum absolute atomic E-state index is 11.7. The molecule has 0 bridgehead atoms. The molecular weight excluding hydrogens is 518 g/mol. The Balaban J connectivity index is 1.46. The number of carbonyl (C=O) groups excluding carboxylic acids is 1. The van der Waals surface area contributed by atoms with E-state index in [-0.39, 0.29) is 5.92 Å². The summed E-state index contributed by atoms with van der Waals surface area (Å²) in [5.41, 5.74) is 8.83. The number of carbonyl (C=O) groups is 1. The molecule has 4 aromatic rings. The van der Waals surface area contributed by atoms with Crippen LogP contribution >= 0.6 is 0 Å². The molecule has 0 aromatic heterocycles. The lowest BCUT2D eigenvalue weighted by molar-refractivity contribution is -0.128.